The molecule has 0 amide bonds. The minimum Gasteiger partial charge on any atom is -0.299 e. The molecule has 82 valence electrons. The lowest BCUT2D eigenvalue weighted by molar-refractivity contribution is 0.218. The van der Waals surface area contributed by atoms with Crippen LogP contribution in [0.5, 0.6) is 0 Å². The average Bonchev–Trinajstić information content (AvgIpc) is 2.25. The third kappa shape index (κ3) is 2.75. The van der Waals surface area contributed by atoms with Crippen LogP contribution in [-0.4, -0.2) is 18.0 Å². The van der Waals surface area contributed by atoms with Gasteiger partial charge in [0.15, 0.2) is 0 Å². The Morgan fingerprint density at radius 3 is 2.53 bits per heavy atom. The number of benzene rings is 1. The van der Waals surface area contributed by atoms with Crippen LogP contribution in [0.4, 0.5) is 8.78 Å². The second-order valence-electron chi connectivity index (χ2n) is 4.07. The highest BCUT2D eigenvalue weighted by molar-refractivity contribution is 5.18. The molecule has 2 rings (SSSR count). The van der Waals surface area contributed by atoms with Gasteiger partial charge in [-0.3, -0.25) is 4.90 Å². The van der Waals surface area contributed by atoms with Crippen molar-refractivity contribution in [3.63, 3.8) is 0 Å². The molecule has 0 saturated carbocycles. The smallest absolute Gasteiger partial charge is 0.127 e. The quantitative estimate of drug-likeness (QED) is 0.727. The van der Waals surface area contributed by atoms with Gasteiger partial charge in [0, 0.05) is 12.1 Å². The van der Waals surface area contributed by atoms with E-state index >= 15 is 0 Å². The van der Waals surface area contributed by atoms with Crippen LogP contribution in [0.2, 0.25) is 0 Å². The highest BCUT2D eigenvalue weighted by Crippen LogP contribution is 2.16. The number of halogens is 2. The summed E-state index contributed by atoms with van der Waals surface area (Å²) in [6, 6.07) is 3.66. The first-order valence-electron chi connectivity index (χ1n) is 5.42. The monoisotopic (exact) mass is 211 g/mol. The molecule has 1 fully saturated rings. The normalized spacial score (nSPS) is 18.0. The van der Waals surface area contributed by atoms with Gasteiger partial charge < -0.3 is 0 Å². The molecule has 0 unspecified atom stereocenters. The van der Waals surface area contributed by atoms with Crippen molar-refractivity contribution in [1.82, 2.24) is 4.90 Å². The van der Waals surface area contributed by atoms with Crippen LogP contribution in [-0.2, 0) is 6.54 Å². The third-order valence-electron chi connectivity index (χ3n) is 2.85. The molecule has 1 aliphatic heterocycles. The van der Waals surface area contributed by atoms with Gasteiger partial charge >= 0.3 is 0 Å². The predicted molar refractivity (Wildman–Crippen MR) is 55.5 cm³/mol. The fourth-order valence-corrected chi connectivity index (χ4v) is 2.02. The zero-order chi connectivity index (χ0) is 10.7. The largest absolute Gasteiger partial charge is 0.299 e. The molecule has 0 atom stereocenters. The molecule has 1 heterocycles. The molecular formula is C12H15F2N. The maximum absolute atomic E-state index is 13.3. The Morgan fingerprint density at radius 2 is 1.80 bits per heavy atom. The van der Waals surface area contributed by atoms with Crippen LogP contribution in [0.15, 0.2) is 18.2 Å². The molecule has 0 aliphatic carbocycles. The van der Waals surface area contributed by atoms with E-state index < -0.39 is 0 Å². The number of rotatable bonds is 2. The Balaban J connectivity index is 2.05. The fraction of sp³-hybridized carbons (Fsp3) is 0.500. The van der Waals surface area contributed by atoms with Gasteiger partial charge in [-0.25, -0.2) is 8.78 Å². The van der Waals surface area contributed by atoms with E-state index in [0.717, 1.165) is 32.0 Å². The molecule has 3 heteroatoms. The van der Waals surface area contributed by atoms with Gasteiger partial charge in [-0.15, -0.1) is 0 Å². The minimum absolute atomic E-state index is 0.304. The second kappa shape index (κ2) is 4.71. The van der Waals surface area contributed by atoms with E-state index in [9.17, 15) is 8.78 Å². The lowest BCUT2D eigenvalue weighted by Crippen LogP contribution is -2.29. The molecule has 0 bridgehead atoms. The van der Waals surface area contributed by atoms with E-state index in [2.05, 4.69) is 4.90 Å². The van der Waals surface area contributed by atoms with E-state index in [1.807, 2.05) is 0 Å². The van der Waals surface area contributed by atoms with Crippen molar-refractivity contribution >= 4 is 0 Å². The topological polar surface area (TPSA) is 3.24 Å². The molecule has 1 nitrogen and oxygen atoms in total. The van der Waals surface area contributed by atoms with Crippen molar-refractivity contribution in [2.75, 3.05) is 13.1 Å². The maximum Gasteiger partial charge on any atom is 0.127 e. The van der Waals surface area contributed by atoms with Crippen molar-refractivity contribution in [2.24, 2.45) is 0 Å². The average molecular weight is 211 g/mol. The number of piperidine rings is 1. The Labute approximate surface area is 88.7 Å². The van der Waals surface area contributed by atoms with Gasteiger partial charge in [-0.1, -0.05) is 6.42 Å². The highest BCUT2D eigenvalue weighted by atomic mass is 19.1. The molecule has 1 aromatic carbocycles. The first-order valence-corrected chi connectivity index (χ1v) is 5.42. The Kier molecular flexibility index (Phi) is 3.31. The molecular weight excluding hydrogens is 196 g/mol. The third-order valence-corrected chi connectivity index (χ3v) is 2.85. The van der Waals surface area contributed by atoms with Gasteiger partial charge in [0.05, 0.1) is 0 Å². The standard InChI is InChI=1S/C12H15F2N/c13-11-4-5-12(14)10(8-11)9-15-6-2-1-3-7-15/h4-5,8H,1-3,6-7,9H2. The number of likely N-dealkylation sites (tertiary alicyclic amines) is 1. The van der Waals surface area contributed by atoms with Crippen LogP contribution in [0.1, 0.15) is 24.8 Å². The van der Waals surface area contributed by atoms with Crippen LogP contribution in [0.25, 0.3) is 0 Å². The van der Waals surface area contributed by atoms with Crippen molar-refractivity contribution in [2.45, 2.75) is 25.8 Å². The van der Waals surface area contributed by atoms with Gasteiger partial charge in [0.1, 0.15) is 11.6 Å². The van der Waals surface area contributed by atoms with Gasteiger partial charge in [0.25, 0.3) is 0 Å². The molecule has 15 heavy (non-hydrogen) atoms. The summed E-state index contributed by atoms with van der Waals surface area (Å²) >= 11 is 0. The van der Waals surface area contributed by atoms with Crippen molar-refractivity contribution < 1.29 is 8.78 Å². The van der Waals surface area contributed by atoms with Crippen molar-refractivity contribution in [3.05, 3.63) is 35.4 Å². The summed E-state index contributed by atoms with van der Waals surface area (Å²) in [5, 5.41) is 0. The molecule has 0 N–H and O–H groups in total. The van der Waals surface area contributed by atoms with Gasteiger partial charge in [-0.05, 0) is 44.1 Å². The van der Waals surface area contributed by atoms with Gasteiger partial charge in [0.2, 0.25) is 0 Å². The molecule has 0 radical (unpaired) electrons. The predicted octanol–water partition coefficient (Wildman–Crippen LogP) is 2.95. The first kappa shape index (κ1) is 10.6. The SMILES string of the molecule is Fc1ccc(F)c(CN2CCCCC2)c1. The van der Waals surface area contributed by atoms with Crippen LogP contribution >= 0.6 is 0 Å². The molecule has 0 aromatic heterocycles. The van der Waals surface area contributed by atoms with Crippen LogP contribution in [0, 0.1) is 11.6 Å². The number of hydrogen-bond donors (Lipinski definition) is 0. The molecule has 1 saturated heterocycles. The molecule has 1 aliphatic rings. The van der Waals surface area contributed by atoms with E-state index in [4.69, 9.17) is 0 Å². The van der Waals surface area contributed by atoms with E-state index in [1.165, 1.54) is 18.6 Å². The van der Waals surface area contributed by atoms with E-state index in [0.29, 0.717) is 12.1 Å². The Hall–Kier alpha value is -0.960. The zero-order valence-corrected chi connectivity index (χ0v) is 8.68. The molecule has 1 aromatic rings. The van der Waals surface area contributed by atoms with E-state index in [-0.39, 0.29) is 11.6 Å². The Morgan fingerprint density at radius 1 is 1.07 bits per heavy atom. The Bertz CT molecular complexity index is 332. The summed E-state index contributed by atoms with van der Waals surface area (Å²) in [6.07, 6.45) is 3.58. The maximum atomic E-state index is 13.3. The second-order valence-corrected chi connectivity index (χ2v) is 4.07. The summed E-state index contributed by atoms with van der Waals surface area (Å²) in [6.45, 7) is 2.52. The summed E-state index contributed by atoms with van der Waals surface area (Å²) < 4.78 is 26.2. The van der Waals surface area contributed by atoms with Crippen LogP contribution in [0.3, 0.4) is 0 Å². The number of nitrogens with zero attached hydrogens (tertiary/aromatic N) is 1. The van der Waals surface area contributed by atoms with E-state index in [1.54, 1.807) is 0 Å². The lowest BCUT2D eigenvalue weighted by Gasteiger charge is -2.26. The highest BCUT2D eigenvalue weighted by Gasteiger charge is 2.12. The summed E-state index contributed by atoms with van der Waals surface area (Å²) in [4.78, 5) is 2.18. The summed E-state index contributed by atoms with van der Waals surface area (Å²) in [5.41, 5.74) is 0.469. The van der Waals surface area contributed by atoms with Crippen molar-refractivity contribution in [1.29, 1.82) is 0 Å². The first-order chi connectivity index (χ1) is 7.25. The van der Waals surface area contributed by atoms with Crippen LogP contribution < -0.4 is 0 Å². The van der Waals surface area contributed by atoms with Gasteiger partial charge in [-0.2, -0.15) is 0 Å². The lowest BCUT2D eigenvalue weighted by atomic mass is 10.1. The molecule has 0 spiro atoms. The number of hydrogen-bond acceptors (Lipinski definition) is 1. The fourth-order valence-electron chi connectivity index (χ4n) is 2.02. The summed E-state index contributed by atoms with van der Waals surface area (Å²) in [7, 11) is 0. The summed E-state index contributed by atoms with van der Waals surface area (Å²) in [5.74, 6) is -0.662. The van der Waals surface area contributed by atoms with Crippen molar-refractivity contribution in [3.8, 4) is 0 Å². The minimum atomic E-state index is -0.358. The zero-order valence-electron chi connectivity index (χ0n) is 8.68.